The number of nitrogen functional groups attached to an aromatic ring is 1. The molecule has 3 aromatic rings. The Kier molecular flexibility index (Phi) is 4.93. The van der Waals surface area contributed by atoms with Crippen LogP contribution < -0.4 is 5.73 Å². The summed E-state index contributed by atoms with van der Waals surface area (Å²) in [6.07, 6.45) is 4.35. The first-order valence-corrected chi connectivity index (χ1v) is 8.99. The molecule has 0 bridgehead atoms. The predicted molar refractivity (Wildman–Crippen MR) is 101 cm³/mol. The first-order chi connectivity index (χ1) is 14.0. The van der Waals surface area contributed by atoms with Gasteiger partial charge in [0.15, 0.2) is 11.5 Å². The highest BCUT2D eigenvalue weighted by molar-refractivity contribution is 6.13. The van der Waals surface area contributed by atoms with E-state index in [0.717, 1.165) is 23.1 Å². The summed E-state index contributed by atoms with van der Waals surface area (Å²) >= 11 is 0. The quantitative estimate of drug-likeness (QED) is 0.653. The number of hydrogen-bond donors (Lipinski definition) is 2. The number of nitrogens with zero attached hydrogens (tertiary/aromatic N) is 4. The zero-order valence-electron chi connectivity index (χ0n) is 15.4. The molecular weight excluding hydrogens is 382 g/mol. The largest absolute Gasteiger partial charge is 0.398 e. The van der Waals surface area contributed by atoms with Gasteiger partial charge in [0.25, 0.3) is 5.91 Å². The van der Waals surface area contributed by atoms with Gasteiger partial charge in [-0.15, -0.1) is 0 Å². The lowest BCUT2D eigenvalue weighted by Gasteiger charge is -2.19. The molecule has 0 unspecified atom stereocenters. The Morgan fingerprint density at radius 1 is 1.17 bits per heavy atom. The standard InChI is InChI=1S/C19H18F2N6O2/c20-11-6-13(21)18-25-9-16(27(18)10-11)17(23)12-8-24-15(7-14(12)22)19(28)26-2-1-4-29-5-3-26/h6-10,23H,1-5H2,(H2,22,24). The lowest BCUT2D eigenvalue weighted by atomic mass is 10.1. The molecule has 0 aliphatic carbocycles. The molecule has 0 saturated carbocycles. The molecule has 1 amide bonds. The number of aromatic nitrogens is 3. The number of rotatable bonds is 3. The first kappa shape index (κ1) is 18.9. The monoisotopic (exact) mass is 400 g/mol. The van der Waals surface area contributed by atoms with Crippen molar-refractivity contribution in [2.24, 2.45) is 0 Å². The van der Waals surface area contributed by atoms with Crippen LogP contribution in [0.4, 0.5) is 14.5 Å². The van der Waals surface area contributed by atoms with Crippen LogP contribution in [0.3, 0.4) is 0 Å². The van der Waals surface area contributed by atoms with E-state index in [9.17, 15) is 13.6 Å². The SMILES string of the molecule is N=C(c1cnc(C(=O)N2CCCOCC2)cc1N)c1cnc2c(F)cc(F)cn12. The molecule has 4 rings (SSSR count). The smallest absolute Gasteiger partial charge is 0.272 e. The van der Waals surface area contributed by atoms with Gasteiger partial charge in [0, 0.05) is 49.4 Å². The van der Waals surface area contributed by atoms with Gasteiger partial charge < -0.3 is 15.4 Å². The minimum absolute atomic E-state index is 0.104. The molecule has 29 heavy (non-hydrogen) atoms. The zero-order chi connectivity index (χ0) is 20.5. The average molecular weight is 400 g/mol. The minimum Gasteiger partial charge on any atom is -0.398 e. The van der Waals surface area contributed by atoms with Gasteiger partial charge in [-0.25, -0.2) is 13.8 Å². The minimum atomic E-state index is -0.836. The number of nitrogens with two attached hydrogens (primary N) is 1. The fourth-order valence-corrected chi connectivity index (χ4v) is 3.25. The summed E-state index contributed by atoms with van der Waals surface area (Å²) < 4.78 is 34.0. The predicted octanol–water partition coefficient (Wildman–Crippen LogP) is 1.87. The van der Waals surface area contributed by atoms with E-state index in [2.05, 4.69) is 9.97 Å². The molecule has 8 nitrogen and oxygen atoms in total. The number of halogens is 2. The molecule has 3 N–H and O–H groups in total. The Bertz CT molecular complexity index is 1110. The van der Waals surface area contributed by atoms with Crippen molar-refractivity contribution < 1.29 is 18.3 Å². The number of pyridine rings is 2. The molecule has 4 heterocycles. The van der Waals surface area contributed by atoms with Gasteiger partial charge in [-0.1, -0.05) is 0 Å². The van der Waals surface area contributed by atoms with Gasteiger partial charge in [-0.2, -0.15) is 0 Å². The maximum atomic E-state index is 13.9. The van der Waals surface area contributed by atoms with Crippen molar-refractivity contribution in [2.45, 2.75) is 6.42 Å². The van der Waals surface area contributed by atoms with E-state index in [0.29, 0.717) is 26.3 Å². The Morgan fingerprint density at radius 2 is 2.00 bits per heavy atom. The first-order valence-electron chi connectivity index (χ1n) is 8.99. The maximum Gasteiger partial charge on any atom is 0.272 e. The Labute approximate surface area is 164 Å². The van der Waals surface area contributed by atoms with Crippen LogP contribution in [0.15, 0.2) is 30.7 Å². The third kappa shape index (κ3) is 3.54. The third-order valence-corrected chi connectivity index (χ3v) is 4.72. The summed E-state index contributed by atoms with van der Waals surface area (Å²) in [7, 11) is 0. The van der Waals surface area contributed by atoms with Gasteiger partial charge in [-0.05, 0) is 12.5 Å². The molecule has 0 aromatic carbocycles. The average Bonchev–Trinajstić information content (AvgIpc) is 2.93. The lowest BCUT2D eigenvalue weighted by Crippen LogP contribution is -2.33. The van der Waals surface area contributed by atoms with Gasteiger partial charge in [-0.3, -0.25) is 19.6 Å². The molecule has 3 aromatic heterocycles. The van der Waals surface area contributed by atoms with E-state index in [-0.39, 0.29) is 39.9 Å². The van der Waals surface area contributed by atoms with Crippen molar-refractivity contribution >= 4 is 23.0 Å². The highest BCUT2D eigenvalue weighted by atomic mass is 19.1. The highest BCUT2D eigenvalue weighted by Gasteiger charge is 2.21. The summed E-state index contributed by atoms with van der Waals surface area (Å²) in [4.78, 5) is 22.4. The van der Waals surface area contributed by atoms with Crippen LogP contribution in [0.2, 0.25) is 0 Å². The third-order valence-electron chi connectivity index (χ3n) is 4.72. The van der Waals surface area contributed by atoms with Crippen LogP contribution >= 0.6 is 0 Å². The van der Waals surface area contributed by atoms with E-state index in [1.54, 1.807) is 4.90 Å². The Morgan fingerprint density at radius 3 is 2.79 bits per heavy atom. The second-order valence-corrected chi connectivity index (χ2v) is 6.63. The normalized spacial score (nSPS) is 14.8. The fourth-order valence-electron chi connectivity index (χ4n) is 3.25. The van der Waals surface area contributed by atoms with Crippen molar-refractivity contribution in [1.82, 2.24) is 19.3 Å². The zero-order valence-corrected chi connectivity index (χ0v) is 15.4. The van der Waals surface area contributed by atoms with Crippen LogP contribution in [0, 0.1) is 17.0 Å². The number of nitrogens with one attached hydrogen (secondary N) is 1. The summed E-state index contributed by atoms with van der Waals surface area (Å²) in [5.41, 5.74) is 6.56. The molecule has 0 atom stereocenters. The number of anilines is 1. The highest BCUT2D eigenvalue weighted by Crippen LogP contribution is 2.20. The lowest BCUT2D eigenvalue weighted by molar-refractivity contribution is 0.0735. The van der Waals surface area contributed by atoms with Crippen LogP contribution in [0.5, 0.6) is 0 Å². The van der Waals surface area contributed by atoms with Crippen molar-refractivity contribution in [2.75, 3.05) is 32.0 Å². The van der Waals surface area contributed by atoms with Crippen LogP contribution in [-0.4, -0.2) is 57.2 Å². The number of amides is 1. The van der Waals surface area contributed by atoms with E-state index >= 15 is 0 Å². The summed E-state index contributed by atoms with van der Waals surface area (Å²) in [5.74, 6) is -1.90. The number of hydrogen-bond acceptors (Lipinski definition) is 6. The molecule has 1 fully saturated rings. The van der Waals surface area contributed by atoms with Gasteiger partial charge in [0.05, 0.1) is 24.2 Å². The topological polar surface area (TPSA) is 110 Å². The maximum absolute atomic E-state index is 13.9. The molecule has 0 spiro atoms. The Hall–Kier alpha value is -3.40. The van der Waals surface area contributed by atoms with Gasteiger partial charge >= 0.3 is 0 Å². The van der Waals surface area contributed by atoms with Crippen molar-refractivity contribution in [3.63, 3.8) is 0 Å². The van der Waals surface area contributed by atoms with E-state index in [1.165, 1.54) is 18.5 Å². The second-order valence-electron chi connectivity index (χ2n) is 6.63. The molecule has 1 aliphatic heterocycles. The van der Waals surface area contributed by atoms with Crippen LogP contribution in [0.25, 0.3) is 5.65 Å². The van der Waals surface area contributed by atoms with Crippen LogP contribution in [-0.2, 0) is 4.74 Å². The van der Waals surface area contributed by atoms with Crippen molar-refractivity contribution in [3.8, 4) is 0 Å². The molecule has 150 valence electrons. The molecule has 10 heteroatoms. The summed E-state index contributed by atoms with van der Waals surface area (Å²) in [5, 5.41) is 8.42. The second kappa shape index (κ2) is 7.55. The van der Waals surface area contributed by atoms with E-state index in [4.69, 9.17) is 15.9 Å². The summed E-state index contributed by atoms with van der Waals surface area (Å²) in [6, 6.07) is 2.13. The number of carbonyl (C=O) groups is 1. The summed E-state index contributed by atoms with van der Waals surface area (Å²) in [6.45, 7) is 2.11. The molecular formula is C19H18F2N6O2. The number of fused-ring (bicyclic) bond motifs is 1. The van der Waals surface area contributed by atoms with Gasteiger partial charge in [0.1, 0.15) is 11.5 Å². The van der Waals surface area contributed by atoms with Gasteiger partial charge in [0.2, 0.25) is 0 Å². The van der Waals surface area contributed by atoms with E-state index < -0.39 is 11.6 Å². The number of imidazole rings is 1. The number of ether oxygens (including phenoxy) is 1. The van der Waals surface area contributed by atoms with Crippen molar-refractivity contribution in [3.05, 3.63) is 59.3 Å². The van der Waals surface area contributed by atoms with Crippen molar-refractivity contribution in [1.29, 1.82) is 5.41 Å². The fraction of sp³-hybridized carbons (Fsp3) is 0.263. The molecule has 1 aliphatic rings. The number of carbonyl (C=O) groups excluding carboxylic acids is 1. The molecule has 0 radical (unpaired) electrons. The Balaban J connectivity index is 1.64. The molecule has 1 saturated heterocycles. The van der Waals surface area contributed by atoms with Crippen LogP contribution in [0.1, 0.15) is 28.2 Å². The van der Waals surface area contributed by atoms with E-state index in [1.807, 2.05) is 0 Å².